The number of amides is 1. The Labute approximate surface area is 175 Å². The second-order valence-corrected chi connectivity index (χ2v) is 6.87. The minimum Gasteiger partial charge on any atom is -0.504 e. The summed E-state index contributed by atoms with van der Waals surface area (Å²) in [5.74, 6) is -1.38. The molecule has 3 rings (SSSR count). The van der Waals surface area contributed by atoms with Gasteiger partial charge in [-0.3, -0.25) is 9.69 Å². The van der Waals surface area contributed by atoms with Gasteiger partial charge in [-0.25, -0.2) is 4.79 Å². The van der Waals surface area contributed by atoms with E-state index in [4.69, 9.17) is 14.2 Å². The number of ether oxygens (including phenoxy) is 3. The number of carbonyl (C=O) groups is 2. The van der Waals surface area contributed by atoms with Crippen LogP contribution in [-0.2, 0) is 27.4 Å². The van der Waals surface area contributed by atoms with Crippen LogP contribution < -0.4 is 10.1 Å². The number of hydrogen-bond donors (Lipinski definition) is 2. The Morgan fingerprint density at radius 2 is 1.83 bits per heavy atom. The second kappa shape index (κ2) is 10.6. The van der Waals surface area contributed by atoms with Crippen molar-refractivity contribution in [2.75, 3.05) is 40.0 Å². The third-order valence-corrected chi connectivity index (χ3v) is 4.87. The molecule has 2 N–H and O–H groups in total. The molecule has 8 nitrogen and oxygen atoms in total. The van der Waals surface area contributed by atoms with Crippen molar-refractivity contribution in [3.8, 4) is 11.5 Å². The number of methoxy groups -OCH3 is 1. The Kier molecular flexibility index (Phi) is 7.64. The van der Waals surface area contributed by atoms with Crippen LogP contribution in [0.1, 0.15) is 21.5 Å². The molecule has 0 unspecified atom stereocenters. The molecule has 1 heterocycles. The molecular weight excluding hydrogens is 388 g/mol. The summed E-state index contributed by atoms with van der Waals surface area (Å²) in [5, 5.41) is 12.8. The van der Waals surface area contributed by atoms with Gasteiger partial charge in [0, 0.05) is 26.2 Å². The van der Waals surface area contributed by atoms with E-state index in [1.165, 1.54) is 19.2 Å². The van der Waals surface area contributed by atoms with Crippen LogP contribution in [0.2, 0.25) is 0 Å². The Bertz CT molecular complexity index is 880. The first-order valence-corrected chi connectivity index (χ1v) is 9.75. The van der Waals surface area contributed by atoms with E-state index in [1.807, 2.05) is 24.3 Å². The molecule has 2 aromatic carbocycles. The zero-order valence-corrected chi connectivity index (χ0v) is 16.9. The molecule has 0 bridgehead atoms. The van der Waals surface area contributed by atoms with Gasteiger partial charge in [0.2, 0.25) is 0 Å². The number of phenolic OH excluding ortho intramolecular Hbond substituents is 1. The lowest BCUT2D eigenvalue weighted by molar-refractivity contribution is -0.124. The summed E-state index contributed by atoms with van der Waals surface area (Å²) >= 11 is 0. The maximum atomic E-state index is 12.2. The van der Waals surface area contributed by atoms with E-state index in [9.17, 15) is 14.7 Å². The lowest BCUT2D eigenvalue weighted by Gasteiger charge is -2.27. The number of hydrogen-bond acceptors (Lipinski definition) is 7. The summed E-state index contributed by atoms with van der Waals surface area (Å²) in [5.41, 5.74) is 2.09. The first-order valence-electron chi connectivity index (χ1n) is 9.75. The molecule has 1 saturated heterocycles. The van der Waals surface area contributed by atoms with Crippen molar-refractivity contribution in [2.24, 2.45) is 0 Å². The van der Waals surface area contributed by atoms with E-state index in [0.717, 1.165) is 44.0 Å². The predicted molar refractivity (Wildman–Crippen MR) is 109 cm³/mol. The maximum absolute atomic E-state index is 12.2. The van der Waals surface area contributed by atoms with E-state index < -0.39 is 18.5 Å². The third kappa shape index (κ3) is 5.71. The summed E-state index contributed by atoms with van der Waals surface area (Å²) in [6.07, 6.45) is 0. The smallest absolute Gasteiger partial charge is 0.342 e. The highest BCUT2D eigenvalue weighted by molar-refractivity contribution is 5.94. The van der Waals surface area contributed by atoms with Gasteiger partial charge in [-0.05, 0) is 23.3 Å². The minimum absolute atomic E-state index is 0.0574. The first kappa shape index (κ1) is 21.6. The van der Waals surface area contributed by atoms with E-state index in [2.05, 4.69) is 10.2 Å². The van der Waals surface area contributed by atoms with Gasteiger partial charge in [-0.15, -0.1) is 0 Å². The normalized spacial score (nSPS) is 14.2. The fourth-order valence-electron chi connectivity index (χ4n) is 3.19. The van der Waals surface area contributed by atoms with Gasteiger partial charge in [0.1, 0.15) is 5.56 Å². The number of aromatic hydroxyl groups is 1. The lowest BCUT2D eigenvalue weighted by atomic mass is 10.1. The van der Waals surface area contributed by atoms with Crippen LogP contribution in [0.4, 0.5) is 0 Å². The fraction of sp³-hybridized carbons (Fsp3) is 0.364. The number of esters is 1. The number of carbonyl (C=O) groups excluding carboxylic acids is 2. The van der Waals surface area contributed by atoms with Gasteiger partial charge in [0.05, 0.1) is 20.3 Å². The molecule has 1 aliphatic heterocycles. The van der Waals surface area contributed by atoms with E-state index in [-0.39, 0.29) is 17.1 Å². The molecule has 0 spiro atoms. The lowest BCUT2D eigenvalue weighted by Crippen LogP contribution is -2.36. The number of para-hydroxylation sites is 1. The molecular formula is C22H26N2O6. The molecule has 0 aromatic heterocycles. The summed E-state index contributed by atoms with van der Waals surface area (Å²) in [6, 6.07) is 12.4. The zero-order valence-electron chi connectivity index (χ0n) is 16.9. The molecule has 2 aromatic rings. The highest BCUT2D eigenvalue weighted by Crippen LogP contribution is 2.29. The molecule has 1 aliphatic rings. The predicted octanol–water partition coefficient (Wildman–Crippen LogP) is 1.71. The van der Waals surface area contributed by atoms with Crippen LogP contribution in [-0.4, -0.2) is 61.9 Å². The van der Waals surface area contributed by atoms with E-state index >= 15 is 0 Å². The first-order chi connectivity index (χ1) is 14.6. The molecule has 0 radical (unpaired) electrons. The van der Waals surface area contributed by atoms with Crippen molar-refractivity contribution in [1.29, 1.82) is 0 Å². The standard InChI is InChI=1S/C22H26N2O6/c1-28-19-8-4-7-18(21(19)26)22(27)30-15-20(25)23-13-16-5-2-3-6-17(16)14-24-9-11-29-12-10-24/h2-8,26H,9-15H2,1H3,(H,23,25). The number of rotatable bonds is 8. The highest BCUT2D eigenvalue weighted by Gasteiger charge is 2.18. The summed E-state index contributed by atoms with van der Waals surface area (Å²) in [7, 11) is 1.38. The van der Waals surface area contributed by atoms with Gasteiger partial charge >= 0.3 is 5.97 Å². The van der Waals surface area contributed by atoms with E-state index in [0.29, 0.717) is 6.54 Å². The summed E-state index contributed by atoms with van der Waals surface area (Å²) in [4.78, 5) is 26.6. The zero-order chi connectivity index (χ0) is 21.3. The molecule has 1 fully saturated rings. The average molecular weight is 414 g/mol. The van der Waals surface area contributed by atoms with Crippen LogP contribution in [0, 0.1) is 0 Å². The van der Waals surface area contributed by atoms with Crippen molar-refractivity contribution in [3.63, 3.8) is 0 Å². The Morgan fingerprint density at radius 1 is 1.10 bits per heavy atom. The molecule has 0 saturated carbocycles. The molecule has 8 heteroatoms. The Balaban J connectivity index is 1.51. The number of benzene rings is 2. The average Bonchev–Trinajstić information content (AvgIpc) is 2.77. The Morgan fingerprint density at radius 3 is 2.57 bits per heavy atom. The van der Waals surface area contributed by atoms with Gasteiger partial charge in [-0.1, -0.05) is 30.3 Å². The number of nitrogens with zero attached hydrogens (tertiary/aromatic N) is 1. The minimum atomic E-state index is -0.797. The number of morpholine rings is 1. The topological polar surface area (TPSA) is 97.3 Å². The second-order valence-electron chi connectivity index (χ2n) is 6.87. The van der Waals surface area contributed by atoms with Crippen molar-refractivity contribution >= 4 is 11.9 Å². The largest absolute Gasteiger partial charge is 0.504 e. The highest BCUT2D eigenvalue weighted by atomic mass is 16.5. The van der Waals surface area contributed by atoms with Gasteiger partial charge < -0.3 is 24.6 Å². The number of phenols is 1. The van der Waals surface area contributed by atoms with Crippen LogP contribution in [0.3, 0.4) is 0 Å². The van der Waals surface area contributed by atoms with Crippen molar-refractivity contribution in [2.45, 2.75) is 13.1 Å². The summed E-state index contributed by atoms with van der Waals surface area (Å²) < 4.78 is 15.4. The van der Waals surface area contributed by atoms with Crippen LogP contribution in [0.15, 0.2) is 42.5 Å². The van der Waals surface area contributed by atoms with Gasteiger partial charge in [0.25, 0.3) is 5.91 Å². The van der Waals surface area contributed by atoms with Crippen molar-refractivity contribution in [3.05, 3.63) is 59.2 Å². The maximum Gasteiger partial charge on any atom is 0.342 e. The van der Waals surface area contributed by atoms with Crippen LogP contribution in [0.5, 0.6) is 11.5 Å². The van der Waals surface area contributed by atoms with Gasteiger partial charge in [0.15, 0.2) is 18.1 Å². The van der Waals surface area contributed by atoms with Gasteiger partial charge in [-0.2, -0.15) is 0 Å². The van der Waals surface area contributed by atoms with Crippen LogP contribution >= 0.6 is 0 Å². The monoisotopic (exact) mass is 414 g/mol. The quantitative estimate of drug-likeness (QED) is 0.635. The molecule has 0 aliphatic carbocycles. The van der Waals surface area contributed by atoms with Crippen LogP contribution in [0.25, 0.3) is 0 Å². The molecule has 1 amide bonds. The van der Waals surface area contributed by atoms with E-state index in [1.54, 1.807) is 6.07 Å². The number of nitrogens with one attached hydrogen (secondary N) is 1. The van der Waals surface area contributed by atoms with Crippen molar-refractivity contribution in [1.82, 2.24) is 10.2 Å². The fourth-order valence-corrected chi connectivity index (χ4v) is 3.19. The molecule has 160 valence electrons. The Hall–Kier alpha value is -3.10. The van der Waals surface area contributed by atoms with Crippen molar-refractivity contribution < 1.29 is 28.9 Å². The SMILES string of the molecule is COc1cccc(C(=O)OCC(=O)NCc2ccccc2CN2CCOCC2)c1O. The molecule has 0 atom stereocenters. The molecule has 30 heavy (non-hydrogen) atoms. The summed E-state index contributed by atoms with van der Waals surface area (Å²) in [6.45, 7) is 3.91. The third-order valence-electron chi connectivity index (χ3n) is 4.87.